The molecule has 5 nitrogen and oxygen atoms in total. The molecule has 1 fully saturated rings. The monoisotopic (exact) mass is 239 g/mol. The maximum absolute atomic E-state index is 5.89. The molecule has 1 unspecified atom stereocenters. The average Bonchev–Trinajstić information content (AvgIpc) is 2.99. The normalized spacial score (nSPS) is 20.6. The molecule has 0 aromatic carbocycles. The number of nitrogens with two attached hydrogens (primary N) is 1. The third-order valence-corrected chi connectivity index (χ3v) is 3.81. The maximum atomic E-state index is 5.89. The van der Waals surface area contributed by atoms with Gasteiger partial charge in [0.05, 0.1) is 12.6 Å². The van der Waals surface area contributed by atoms with Gasteiger partial charge in [0, 0.05) is 12.5 Å². The number of nitrogens with zero attached hydrogens (tertiary/aromatic N) is 2. The highest BCUT2D eigenvalue weighted by molar-refractivity contribution is 5.08. The number of hydrogen-bond donors (Lipinski definition) is 1. The molecule has 1 heterocycles. The van der Waals surface area contributed by atoms with Crippen LogP contribution in [0.25, 0.3) is 0 Å². The standard InChI is InChI=1S/C12H21N3O2/c1-3-12(6-4-5-7-12)11-14-10(15-17-11)9(13)8-16-2/h9H,3-8,13H2,1-2H3. The highest BCUT2D eigenvalue weighted by Gasteiger charge is 2.39. The SMILES string of the molecule is CCC1(c2nc(C(N)COC)no2)CCCC1. The molecule has 17 heavy (non-hydrogen) atoms. The molecule has 0 radical (unpaired) electrons. The molecule has 2 N–H and O–H groups in total. The van der Waals surface area contributed by atoms with Crippen molar-refractivity contribution >= 4 is 0 Å². The van der Waals surface area contributed by atoms with E-state index in [4.69, 9.17) is 15.0 Å². The first-order valence-electron chi connectivity index (χ1n) is 6.30. The Kier molecular flexibility index (Phi) is 3.79. The highest BCUT2D eigenvalue weighted by Crippen LogP contribution is 2.42. The van der Waals surface area contributed by atoms with Crippen LogP contribution in [0.4, 0.5) is 0 Å². The van der Waals surface area contributed by atoms with Crippen LogP contribution in [0.15, 0.2) is 4.52 Å². The van der Waals surface area contributed by atoms with Crippen LogP contribution in [0.1, 0.15) is 56.8 Å². The number of aromatic nitrogens is 2. The molecule has 1 aromatic heterocycles. The second-order valence-electron chi connectivity index (χ2n) is 4.86. The largest absolute Gasteiger partial charge is 0.383 e. The fraction of sp³-hybridized carbons (Fsp3) is 0.833. The molecule has 5 heteroatoms. The lowest BCUT2D eigenvalue weighted by atomic mass is 9.83. The van der Waals surface area contributed by atoms with E-state index in [1.807, 2.05) is 0 Å². The van der Waals surface area contributed by atoms with Gasteiger partial charge in [0.1, 0.15) is 0 Å². The van der Waals surface area contributed by atoms with Crippen molar-refractivity contribution in [2.45, 2.75) is 50.5 Å². The van der Waals surface area contributed by atoms with Crippen molar-refractivity contribution in [2.75, 3.05) is 13.7 Å². The van der Waals surface area contributed by atoms with Crippen molar-refractivity contribution < 1.29 is 9.26 Å². The molecule has 0 aliphatic heterocycles. The third kappa shape index (κ3) is 2.35. The van der Waals surface area contributed by atoms with Crippen LogP contribution in [0, 0.1) is 0 Å². The van der Waals surface area contributed by atoms with Crippen LogP contribution in [0.2, 0.25) is 0 Å². The Bertz CT molecular complexity index is 358. The van der Waals surface area contributed by atoms with Gasteiger partial charge in [0.15, 0.2) is 5.82 Å². The van der Waals surface area contributed by atoms with Crippen LogP contribution >= 0.6 is 0 Å². The first-order chi connectivity index (χ1) is 8.22. The van der Waals surface area contributed by atoms with E-state index in [2.05, 4.69) is 17.1 Å². The molecule has 0 bridgehead atoms. The van der Waals surface area contributed by atoms with E-state index in [9.17, 15) is 0 Å². The van der Waals surface area contributed by atoms with Crippen LogP contribution < -0.4 is 5.73 Å². The van der Waals surface area contributed by atoms with E-state index in [1.54, 1.807) is 7.11 Å². The molecule has 1 saturated carbocycles. The fourth-order valence-electron chi connectivity index (χ4n) is 2.63. The van der Waals surface area contributed by atoms with Gasteiger partial charge in [-0.2, -0.15) is 4.98 Å². The van der Waals surface area contributed by atoms with Crippen molar-refractivity contribution in [1.29, 1.82) is 0 Å². The van der Waals surface area contributed by atoms with Gasteiger partial charge in [-0.05, 0) is 19.3 Å². The van der Waals surface area contributed by atoms with Gasteiger partial charge in [-0.3, -0.25) is 0 Å². The van der Waals surface area contributed by atoms with Gasteiger partial charge in [-0.1, -0.05) is 24.9 Å². The van der Waals surface area contributed by atoms with Gasteiger partial charge in [-0.15, -0.1) is 0 Å². The van der Waals surface area contributed by atoms with Crippen molar-refractivity contribution in [3.8, 4) is 0 Å². The molecule has 2 rings (SSSR count). The molecule has 1 aliphatic carbocycles. The third-order valence-electron chi connectivity index (χ3n) is 3.81. The lowest BCUT2D eigenvalue weighted by Gasteiger charge is -2.21. The van der Waals surface area contributed by atoms with Crippen molar-refractivity contribution in [2.24, 2.45) is 5.73 Å². The molecule has 1 atom stereocenters. The molecular formula is C12H21N3O2. The Balaban J connectivity index is 2.16. The first-order valence-corrected chi connectivity index (χ1v) is 6.30. The minimum atomic E-state index is -0.298. The second kappa shape index (κ2) is 5.14. The zero-order valence-electron chi connectivity index (χ0n) is 10.6. The lowest BCUT2D eigenvalue weighted by molar-refractivity contribution is 0.176. The van der Waals surface area contributed by atoms with Crippen LogP contribution in [0.3, 0.4) is 0 Å². The van der Waals surface area contributed by atoms with E-state index in [0.29, 0.717) is 12.4 Å². The molecule has 1 aliphatic rings. The van der Waals surface area contributed by atoms with Crippen LogP contribution in [-0.4, -0.2) is 23.9 Å². The zero-order chi connectivity index (χ0) is 12.3. The Hall–Kier alpha value is -0.940. The molecule has 0 amide bonds. The number of methoxy groups -OCH3 is 1. The van der Waals surface area contributed by atoms with E-state index in [0.717, 1.165) is 25.2 Å². The van der Waals surface area contributed by atoms with E-state index >= 15 is 0 Å². The Morgan fingerprint density at radius 3 is 2.76 bits per heavy atom. The Morgan fingerprint density at radius 1 is 1.47 bits per heavy atom. The summed E-state index contributed by atoms with van der Waals surface area (Å²) in [5, 5.41) is 3.98. The van der Waals surface area contributed by atoms with E-state index in [1.165, 1.54) is 12.8 Å². The van der Waals surface area contributed by atoms with E-state index < -0.39 is 0 Å². The van der Waals surface area contributed by atoms with Crippen LogP contribution in [0.5, 0.6) is 0 Å². The summed E-state index contributed by atoms with van der Waals surface area (Å²) < 4.78 is 10.4. The topological polar surface area (TPSA) is 74.2 Å². The van der Waals surface area contributed by atoms with Gasteiger partial charge in [-0.25, -0.2) is 0 Å². The quantitative estimate of drug-likeness (QED) is 0.850. The first kappa shape index (κ1) is 12.5. The predicted octanol–water partition coefficient (Wildman–Crippen LogP) is 1.94. The Labute approximate surface area is 102 Å². The summed E-state index contributed by atoms with van der Waals surface area (Å²) in [6, 6.07) is -0.298. The summed E-state index contributed by atoms with van der Waals surface area (Å²) in [6.07, 6.45) is 5.83. The molecule has 1 aromatic rings. The molecule has 0 spiro atoms. The van der Waals surface area contributed by atoms with Crippen molar-refractivity contribution in [3.63, 3.8) is 0 Å². The summed E-state index contributed by atoms with van der Waals surface area (Å²) in [5.74, 6) is 1.32. The molecular weight excluding hydrogens is 218 g/mol. The molecule has 96 valence electrons. The second-order valence-corrected chi connectivity index (χ2v) is 4.86. The number of rotatable bonds is 5. The minimum Gasteiger partial charge on any atom is -0.383 e. The van der Waals surface area contributed by atoms with Gasteiger partial charge < -0.3 is 15.0 Å². The summed E-state index contributed by atoms with van der Waals surface area (Å²) in [5.41, 5.74) is 5.99. The van der Waals surface area contributed by atoms with Crippen molar-refractivity contribution in [3.05, 3.63) is 11.7 Å². The van der Waals surface area contributed by atoms with Gasteiger partial charge >= 0.3 is 0 Å². The van der Waals surface area contributed by atoms with Gasteiger partial charge in [0.2, 0.25) is 5.89 Å². The summed E-state index contributed by atoms with van der Waals surface area (Å²) in [4.78, 5) is 4.47. The predicted molar refractivity (Wildman–Crippen MR) is 63.5 cm³/mol. The summed E-state index contributed by atoms with van der Waals surface area (Å²) >= 11 is 0. The van der Waals surface area contributed by atoms with Crippen LogP contribution in [-0.2, 0) is 10.2 Å². The minimum absolute atomic E-state index is 0.0953. The van der Waals surface area contributed by atoms with Gasteiger partial charge in [0.25, 0.3) is 0 Å². The molecule has 0 saturated heterocycles. The summed E-state index contributed by atoms with van der Waals surface area (Å²) in [7, 11) is 1.62. The zero-order valence-corrected chi connectivity index (χ0v) is 10.6. The maximum Gasteiger partial charge on any atom is 0.232 e. The summed E-state index contributed by atoms with van der Waals surface area (Å²) in [6.45, 7) is 2.60. The number of hydrogen-bond acceptors (Lipinski definition) is 5. The fourth-order valence-corrected chi connectivity index (χ4v) is 2.63. The van der Waals surface area contributed by atoms with Crippen molar-refractivity contribution in [1.82, 2.24) is 10.1 Å². The lowest BCUT2D eigenvalue weighted by Crippen LogP contribution is -2.22. The highest BCUT2D eigenvalue weighted by atomic mass is 16.5. The smallest absolute Gasteiger partial charge is 0.232 e. The number of ether oxygens (including phenoxy) is 1. The average molecular weight is 239 g/mol. The Morgan fingerprint density at radius 2 is 2.18 bits per heavy atom. The van der Waals surface area contributed by atoms with E-state index in [-0.39, 0.29) is 11.5 Å².